The minimum atomic E-state index is -1.03. The zero-order valence-electron chi connectivity index (χ0n) is 16.5. The van der Waals surface area contributed by atoms with E-state index in [1.807, 2.05) is 30.3 Å². The number of esters is 1. The number of nitrogens with two attached hydrogens (primary N) is 1. The zero-order valence-corrected chi connectivity index (χ0v) is 16.5. The normalized spacial score (nSPS) is 15.6. The number of rotatable bonds is 4. The maximum Gasteiger partial charge on any atom is 0.339 e. The van der Waals surface area contributed by atoms with Gasteiger partial charge in [0.05, 0.1) is 16.8 Å². The van der Waals surface area contributed by atoms with E-state index in [1.165, 1.54) is 19.1 Å². The fourth-order valence-corrected chi connectivity index (χ4v) is 3.75. The maximum absolute atomic E-state index is 13.3. The highest BCUT2D eigenvalue weighted by Gasteiger charge is 2.27. The van der Waals surface area contributed by atoms with Gasteiger partial charge in [0.2, 0.25) is 0 Å². The lowest BCUT2D eigenvalue weighted by molar-refractivity contribution is -0.125. The number of ether oxygens (including phenoxy) is 1. The van der Waals surface area contributed by atoms with Crippen LogP contribution in [0.5, 0.6) is 0 Å². The van der Waals surface area contributed by atoms with E-state index in [4.69, 9.17) is 15.5 Å². The number of primary amides is 1. The number of carbonyl (C=O) groups is 2. The largest absolute Gasteiger partial charge is 0.449 e. The molecule has 1 amide bonds. The highest BCUT2D eigenvalue weighted by atomic mass is 19.1. The second kappa shape index (κ2) is 8.06. The third kappa shape index (κ3) is 3.81. The number of benzene rings is 2. The third-order valence-electron chi connectivity index (χ3n) is 5.27. The third-order valence-corrected chi connectivity index (χ3v) is 5.27. The van der Waals surface area contributed by atoms with Crippen molar-refractivity contribution >= 4 is 34.4 Å². The minimum Gasteiger partial charge on any atom is -0.449 e. The van der Waals surface area contributed by atoms with E-state index in [9.17, 15) is 14.0 Å². The predicted molar refractivity (Wildman–Crippen MR) is 113 cm³/mol. The molecule has 1 aliphatic rings. The summed E-state index contributed by atoms with van der Waals surface area (Å²) in [5, 5.41) is 0.681. The van der Waals surface area contributed by atoms with Gasteiger partial charge in [-0.2, -0.15) is 0 Å². The predicted octanol–water partition coefficient (Wildman–Crippen LogP) is 4.28. The monoisotopic (exact) mass is 404 g/mol. The van der Waals surface area contributed by atoms with E-state index in [2.05, 4.69) is 0 Å². The Morgan fingerprint density at radius 3 is 2.60 bits per heavy atom. The van der Waals surface area contributed by atoms with E-state index < -0.39 is 18.0 Å². The van der Waals surface area contributed by atoms with Crippen LogP contribution >= 0.6 is 0 Å². The van der Waals surface area contributed by atoms with Crippen molar-refractivity contribution < 1.29 is 18.7 Å². The summed E-state index contributed by atoms with van der Waals surface area (Å²) in [5.41, 5.74) is 9.74. The summed E-state index contributed by atoms with van der Waals surface area (Å²) in [7, 11) is 0. The molecule has 0 unspecified atom stereocenters. The van der Waals surface area contributed by atoms with E-state index in [0.717, 1.165) is 35.2 Å². The Hall–Kier alpha value is -3.54. The standard InChI is InChI=1S/C24H21FN2O3/c1-14(23(26)28)30-24(29)21-18-6-2-3-8-20(18)27-22-16(5-4-7-19(21)22)13-15-9-11-17(25)12-10-15/h2-3,6,8-14H,4-5,7H2,1H3,(H2,26,28)/b16-13+/t14-/m0/s1. The van der Waals surface area contributed by atoms with E-state index in [0.29, 0.717) is 22.9 Å². The number of carbonyl (C=O) groups excluding carboxylic acids is 2. The summed E-state index contributed by atoms with van der Waals surface area (Å²) in [5.74, 6) is -1.58. The van der Waals surface area contributed by atoms with Crippen LogP contribution < -0.4 is 5.73 Å². The Bertz CT molecular complexity index is 1170. The molecule has 6 heteroatoms. The van der Waals surface area contributed by atoms with Crippen LogP contribution in [0.15, 0.2) is 48.5 Å². The molecule has 1 aromatic heterocycles. The number of nitrogens with zero attached hydrogens (tertiary/aromatic N) is 1. The van der Waals surface area contributed by atoms with Gasteiger partial charge in [0.25, 0.3) is 5.91 Å². The quantitative estimate of drug-likeness (QED) is 0.658. The van der Waals surface area contributed by atoms with Gasteiger partial charge in [-0.1, -0.05) is 30.3 Å². The molecule has 0 saturated heterocycles. The molecule has 5 nitrogen and oxygen atoms in total. The maximum atomic E-state index is 13.3. The first-order chi connectivity index (χ1) is 14.4. The van der Waals surface area contributed by atoms with Crippen molar-refractivity contribution in [2.24, 2.45) is 5.73 Å². The molecule has 0 spiro atoms. The van der Waals surface area contributed by atoms with Crippen molar-refractivity contribution in [1.82, 2.24) is 4.98 Å². The van der Waals surface area contributed by atoms with E-state index in [-0.39, 0.29) is 5.82 Å². The second-order valence-corrected chi connectivity index (χ2v) is 7.36. The molecule has 2 aromatic carbocycles. The molecule has 152 valence electrons. The van der Waals surface area contributed by atoms with Gasteiger partial charge in [-0.3, -0.25) is 4.79 Å². The number of fused-ring (bicyclic) bond motifs is 2. The molecule has 2 N–H and O–H groups in total. The summed E-state index contributed by atoms with van der Waals surface area (Å²) in [4.78, 5) is 29.2. The molecule has 0 bridgehead atoms. The minimum absolute atomic E-state index is 0.293. The second-order valence-electron chi connectivity index (χ2n) is 7.36. The van der Waals surface area contributed by atoms with Gasteiger partial charge >= 0.3 is 5.97 Å². The van der Waals surface area contributed by atoms with Crippen molar-refractivity contribution in [3.8, 4) is 0 Å². The molecule has 3 aromatic rings. The lowest BCUT2D eigenvalue weighted by atomic mass is 9.86. The summed E-state index contributed by atoms with van der Waals surface area (Å²) in [6, 6.07) is 13.6. The molecule has 30 heavy (non-hydrogen) atoms. The Morgan fingerprint density at radius 1 is 1.13 bits per heavy atom. The van der Waals surface area contributed by atoms with Crippen LogP contribution in [0.3, 0.4) is 0 Å². The van der Waals surface area contributed by atoms with Crippen LogP contribution in [0.4, 0.5) is 4.39 Å². The number of hydrogen-bond donors (Lipinski definition) is 1. The molecule has 0 radical (unpaired) electrons. The van der Waals surface area contributed by atoms with Crippen LogP contribution in [0.2, 0.25) is 0 Å². The smallest absolute Gasteiger partial charge is 0.339 e. The van der Waals surface area contributed by atoms with Crippen molar-refractivity contribution in [3.05, 3.63) is 76.7 Å². The van der Waals surface area contributed by atoms with Gasteiger partial charge in [-0.15, -0.1) is 0 Å². The molecule has 0 fully saturated rings. The van der Waals surface area contributed by atoms with Gasteiger partial charge in [0, 0.05) is 5.39 Å². The zero-order chi connectivity index (χ0) is 21.3. The van der Waals surface area contributed by atoms with Crippen LogP contribution in [0.1, 0.15) is 46.9 Å². The van der Waals surface area contributed by atoms with Crippen LogP contribution in [0, 0.1) is 5.82 Å². The van der Waals surface area contributed by atoms with Crippen molar-refractivity contribution in [2.45, 2.75) is 32.3 Å². The van der Waals surface area contributed by atoms with Gasteiger partial charge < -0.3 is 10.5 Å². The topological polar surface area (TPSA) is 82.3 Å². The average molecular weight is 404 g/mol. The van der Waals surface area contributed by atoms with Gasteiger partial charge in [0.1, 0.15) is 5.82 Å². The molecule has 4 rings (SSSR count). The van der Waals surface area contributed by atoms with Crippen LogP contribution in [0.25, 0.3) is 22.6 Å². The Balaban J connectivity index is 1.87. The summed E-state index contributed by atoms with van der Waals surface area (Å²) in [6.45, 7) is 1.45. The number of allylic oxidation sites excluding steroid dienone is 1. The lowest BCUT2D eigenvalue weighted by Gasteiger charge is -2.23. The van der Waals surface area contributed by atoms with E-state index in [1.54, 1.807) is 12.1 Å². The van der Waals surface area contributed by atoms with Gasteiger partial charge in [-0.05, 0) is 67.2 Å². The SMILES string of the molecule is C[C@H](OC(=O)c1c2c(nc3ccccc13)/C(=C/c1ccc(F)cc1)CCC2)C(N)=O. The molecule has 0 saturated carbocycles. The van der Waals surface area contributed by atoms with Gasteiger partial charge in [-0.25, -0.2) is 14.2 Å². The highest BCUT2D eigenvalue weighted by molar-refractivity contribution is 6.07. The Morgan fingerprint density at radius 2 is 1.87 bits per heavy atom. The summed E-state index contributed by atoms with van der Waals surface area (Å²) in [6.07, 6.45) is 3.25. The Kier molecular flexibility index (Phi) is 5.31. The average Bonchev–Trinajstić information content (AvgIpc) is 2.73. The van der Waals surface area contributed by atoms with Crippen molar-refractivity contribution in [3.63, 3.8) is 0 Å². The molecule has 1 heterocycles. The number of pyridine rings is 1. The number of amides is 1. The molecular formula is C24H21FN2O3. The van der Waals surface area contributed by atoms with E-state index >= 15 is 0 Å². The first-order valence-corrected chi connectivity index (χ1v) is 9.82. The van der Waals surface area contributed by atoms with Crippen LogP contribution in [-0.2, 0) is 16.0 Å². The lowest BCUT2D eigenvalue weighted by Crippen LogP contribution is -2.31. The first kappa shape index (κ1) is 19.8. The molecule has 1 atom stereocenters. The number of para-hydroxylation sites is 1. The summed E-state index contributed by atoms with van der Waals surface area (Å²) >= 11 is 0. The highest BCUT2D eigenvalue weighted by Crippen LogP contribution is 2.36. The first-order valence-electron chi connectivity index (χ1n) is 9.82. The van der Waals surface area contributed by atoms with Gasteiger partial charge in [0.15, 0.2) is 6.10 Å². The molecule has 0 aliphatic heterocycles. The molecule has 1 aliphatic carbocycles. The molecular weight excluding hydrogens is 383 g/mol. The fraction of sp³-hybridized carbons (Fsp3) is 0.208. The fourth-order valence-electron chi connectivity index (χ4n) is 3.75. The number of hydrogen-bond acceptors (Lipinski definition) is 4. The Labute approximate surface area is 173 Å². The number of halogens is 1. The van der Waals surface area contributed by atoms with Crippen LogP contribution in [-0.4, -0.2) is 23.0 Å². The van der Waals surface area contributed by atoms with Crippen molar-refractivity contribution in [1.29, 1.82) is 0 Å². The number of aromatic nitrogens is 1. The summed E-state index contributed by atoms with van der Waals surface area (Å²) < 4.78 is 18.6. The van der Waals surface area contributed by atoms with Crippen molar-refractivity contribution in [2.75, 3.05) is 0 Å².